The fourth-order valence-electron chi connectivity index (χ4n) is 6.55. The van der Waals surface area contributed by atoms with Gasteiger partial charge in [0.05, 0.1) is 15.7 Å². The van der Waals surface area contributed by atoms with E-state index in [1.165, 1.54) is 0 Å². The van der Waals surface area contributed by atoms with Gasteiger partial charge in [-0.1, -0.05) is 41.4 Å². The highest BCUT2D eigenvalue weighted by Gasteiger charge is 2.40. The summed E-state index contributed by atoms with van der Waals surface area (Å²) in [5.74, 6) is -0.748. The summed E-state index contributed by atoms with van der Waals surface area (Å²) >= 11 is 12.7. The van der Waals surface area contributed by atoms with E-state index in [1.54, 1.807) is 4.90 Å². The minimum absolute atomic E-state index is 0.113. The van der Waals surface area contributed by atoms with Crippen molar-refractivity contribution in [2.75, 3.05) is 44.2 Å². The molecule has 0 saturated carbocycles. The molecule has 4 aliphatic heterocycles. The molecule has 3 fully saturated rings. The number of carbonyl (C=O) groups excluding carboxylic acids is 3. The number of anilines is 1. The number of halogens is 2. The third-order valence-electron chi connectivity index (χ3n) is 8.73. The summed E-state index contributed by atoms with van der Waals surface area (Å²) in [6.45, 7) is 7.15. The van der Waals surface area contributed by atoms with E-state index in [9.17, 15) is 14.4 Å². The van der Waals surface area contributed by atoms with Gasteiger partial charge in [-0.2, -0.15) is 0 Å². The molecule has 4 aliphatic rings. The molecule has 3 amide bonds. The van der Waals surface area contributed by atoms with Crippen molar-refractivity contribution in [1.29, 1.82) is 0 Å². The summed E-state index contributed by atoms with van der Waals surface area (Å²) in [6, 6.07) is 11.7. The van der Waals surface area contributed by atoms with E-state index in [0.29, 0.717) is 34.6 Å². The number of amides is 3. The number of likely N-dealkylation sites (tertiary alicyclic amines) is 1. The van der Waals surface area contributed by atoms with Gasteiger partial charge < -0.3 is 9.80 Å². The van der Waals surface area contributed by atoms with Gasteiger partial charge in [-0.05, 0) is 61.7 Å². The molecule has 3 saturated heterocycles. The van der Waals surface area contributed by atoms with Crippen molar-refractivity contribution in [1.82, 2.24) is 20.0 Å². The van der Waals surface area contributed by atoms with Crippen molar-refractivity contribution in [3.63, 3.8) is 0 Å². The molecule has 0 radical (unpaired) electrons. The average Bonchev–Trinajstić information content (AvgIpc) is 3.28. The summed E-state index contributed by atoms with van der Waals surface area (Å²) in [6.07, 6.45) is 2.89. The predicted octanol–water partition coefficient (Wildman–Crippen LogP) is 3.54. The zero-order valence-corrected chi connectivity index (χ0v) is 23.4. The number of nitrogens with zero attached hydrogens (tertiary/aromatic N) is 4. The Balaban J connectivity index is 1.03. The molecule has 2 aromatic rings. The minimum Gasteiger partial charge on any atom is -0.368 e. The number of hydrogen-bond acceptors (Lipinski definition) is 6. The van der Waals surface area contributed by atoms with E-state index in [2.05, 4.69) is 26.1 Å². The van der Waals surface area contributed by atoms with E-state index in [0.717, 1.165) is 75.5 Å². The molecule has 0 aliphatic carbocycles. The number of piperazine rings is 1. The summed E-state index contributed by atoms with van der Waals surface area (Å²) in [5.41, 5.74) is 3.87. The molecule has 1 N–H and O–H groups in total. The molecule has 1 unspecified atom stereocenters. The molecule has 0 spiro atoms. The summed E-state index contributed by atoms with van der Waals surface area (Å²) in [7, 11) is 0. The number of piperidine rings is 2. The molecule has 10 heteroatoms. The fraction of sp³-hybridized carbons (Fsp3) is 0.483. The smallest absolute Gasteiger partial charge is 0.255 e. The van der Waals surface area contributed by atoms with Crippen LogP contribution in [0.3, 0.4) is 0 Å². The Morgan fingerprint density at radius 2 is 1.62 bits per heavy atom. The Kier molecular flexibility index (Phi) is 7.55. The molecular formula is C29H33Cl2N5O3. The first kappa shape index (κ1) is 26.6. The van der Waals surface area contributed by atoms with Crippen LogP contribution in [-0.2, 0) is 22.7 Å². The summed E-state index contributed by atoms with van der Waals surface area (Å²) in [4.78, 5) is 46.2. The Bertz CT molecular complexity index is 1290. The lowest BCUT2D eigenvalue weighted by Gasteiger charge is -2.43. The van der Waals surface area contributed by atoms with Crippen molar-refractivity contribution >= 4 is 46.6 Å². The van der Waals surface area contributed by atoms with Crippen molar-refractivity contribution in [3.8, 4) is 0 Å². The zero-order valence-electron chi connectivity index (χ0n) is 21.9. The SMILES string of the molecule is O=C1CCC(N2Cc3c(CN4CCC(N5CCN(c6cccc(Cl)c6Cl)CC5)CC4)cccc3C2=O)C(=O)N1. The van der Waals surface area contributed by atoms with Crippen molar-refractivity contribution in [3.05, 3.63) is 63.1 Å². The Hall–Kier alpha value is -2.65. The molecule has 4 heterocycles. The highest BCUT2D eigenvalue weighted by molar-refractivity contribution is 6.43. The number of nitrogens with one attached hydrogen (secondary N) is 1. The van der Waals surface area contributed by atoms with Gasteiger partial charge >= 0.3 is 0 Å². The van der Waals surface area contributed by atoms with E-state index < -0.39 is 6.04 Å². The maximum Gasteiger partial charge on any atom is 0.255 e. The quantitative estimate of drug-likeness (QED) is 0.555. The lowest BCUT2D eigenvalue weighted by Crippen LogP contribution is -2.53. The summed E-state index contributed by atoms with van der Waals surface area (Å²) < 4.78 is 0. The van der Waals surface area contributed by atoms with Gasteiger partial charge in [0.2, 0.25) is 11.8 Å². The van der Waals surface area contributed by atoms with E-state index in [4.69, 9.17) is 23.2 Å². The van der Waals surface area contributed by atoms with Crippen LogP contribution in [0.2, 0.25) is 10.0 Å². The van der Waals surface area contributed by atoms with Crippen LogP contribution in [0.4, 0.5) is 5.69 Å². The zero-order chi connectivity index (χ0) is 27.1. The first-order valence-corrected chi connectivity index (χ1v) is 14.6. The highest BCUT2D eigenvalue weighted by atomic mass is 35.5. The topological polar surface area (TPSA) is 76.2 Å². The average molecular weight is 571 g/mol. The number of fused-ring (bicyclic) bond motifs is 1. The second-order valence-corrected chi connectivity index (χ2v) is 11.7. The van der Waals surface area contributed by atoms with Gasteiger partial charge in [-0.15, -0.1) is 0 Å². The lowest BCUT2D eigenvalue weighted by molar-refractivity contribution is -0.136. The second kappa shape index (κ2) is 11.1. The van der Waals surface area contributed by atoms with Crippen LogP contribution < -0.4 is 10.2 Å². The van der Waals surface area contributed by atoms with Crippen LogP contribution in [-0.4, -0.2) is 83.8 Å². The highest BCUT2D eigenvalue weighted by Crippen LogP contribution is 2.34. The van der Waals surface area contributed by atoms with Crippen LogP contribution in [0.5, 0.6) is 0 Å². The van der Waals surface area contributed by atoms with Gasteiger partial charge in [0.25, 0.3) is 5.91 Å². The van der Waals surface area contributed by atoms with Crippen LogP contribution in [0, 0.1) is 0 Å². The van der Waals surface area contributed by atoms with Crippen molar-refractivity contribution < 1.29 is 14.4 Å². The maximum absolute atomic E-state index is 13.2. The lowest BCUT2D eigenvalue weighted by atomic mass is 9.99. The van der Waals surface area contributed by atoms with Crippen LogP contribution in [0.15, 0.2) is 36.4 Å². The molecular weight excluding hydrogens is 537 g/mol. The van der Waals surface area contributed by atoms with Gasteiger partial charge in [0.1, 0.15) is 6.04 Å². The van der Waals surface area contributed by atoms with E-state index in [-0.39, 0.29) is 24.1 Å². The molecule has 1 atom stereocenters. The van der Waals surface area contributed by atoms with Crippen LogP contribution in [0.1, 0.15) is 47.2 Å². The molecule has 0 aromatic heterocycles. The maximum atomic E-state index is 13.2. The first-order chi connectivity index (χ1) is 18.9. The number of imide groups is 1. The fourth-order valence-corrected chi connectivity index (χ4v) is 6.96. The van der Waals surface area contributed by atoms with Gasteiger partial charge in [0.15, 0.2) is 0 Å². The third kappa shape index (κ3) is 5.27. The molecule has 2 aromatic carbocycles. The number of hydrogen-bond donors (Lipinski definition) is 1. The molecule has 8 nitrogen and oxygen atoms in total. The van der Waals surface area contributed by atoms with E-state index >= 15 is 0 Å². The summed E-state index contributed by atoms with van der Waals surface area (Å²) in [5, 5.41) is 3.62. The molecule has 206 valence electrons. The Labute approximate surface area is 238 Å². The number of carbonyl (C=O) groups is 3. The van der Waals surface area contributed by atoms with Crippen molar-refractivity contribution in [2.24, 2.45) is 0 Å². The monoisotopic (exact) mass is 569 g/mol. The van der Waals surface area contributed by atoms with Gasteiger partial charge in [0, 0.05) is 57.3 Å². The molecule has 6 rings (SSSR count). The van der Waals surface area contributed by atoms with Crippen molar-refractivity contribution in [2.45, 2.75) is 50.9 Å². The van der Waals surface area contributed by atoms with Crippen LogP contribution >= 0.6 is 23.2 Å². The predicted molar refractivity (Wildman–Crippen MR) is 151 cm³/mol. The Morgan fingerprint density at radius 1 is 0.872 bits per heavy atom. The number of benzene rings is 2. The van der Waals surface area contributed by atoms with E-state index in [1.807, 2.05) is 30.3 Å². The normalized spacial score (nSPS) is 23.3. The largest absolute Gasteiger partial charge is 0.368 e. The standard InChI is InChI=1S/C29H33Cl2N5O3/c30-23-5-2-6-24(27(23)31)35-15-13-34(14-16-35)20-9-11-33(12-10-20)17-19-3-1-4-21-22(19)18-36(29(21)39)25-7-8-26(37)32-28(25)38/h1-6,20,25H,7-18H2,(H,32,37,38). The third-order valence-corrected chi connectivity index (χ3v) is 9.54. The second-order valence-electron chi connectivity index (χ2n) is 10.9. The molecule has 0 bridgehead atoms. The minimum atomic E-state index is -0.582. The Morgan fingerprint density at radius 3 is 2.36 bits per heavy atom. The number of rotatable bonds is 5. The van der Waals surface area contributed by atoms with Gasteiger partial charge in [-0.3, -0.25) is 29.5 Å². The van der Waals surface area contributed by atoms with Gasteiger partial charge in [-0.25, -0.2) is 0 Å². The molecule has 39 heavy (non-hydrogen) atoms. The van der Waals surface area contributed by atoms with Crippen LogP contribution in [0.25, 0.3) is 0 Å². The first-order valence-electron chi connectivity index (χ1n) is 13.8.